The van der Waals surface area contributed by atoms with E-state index in [4.69, 9.17) is 4.74 Å². The van der Waals surface area contributed by atoms with Crippen molar-refractivity contribution in [3.05, 3.63) is 0 Å². The SMILES string of the molecule is CC(C)OC[C@H]1CC(C)(C)N1C. The Labute approximate surface area is 75.9 Å². The molecule has 0 bridgehead atoms. The molecule has 1 heterocycles. The summed E-state index contributed by atoms with van der Waals surface area (Å²) in [5.74, 6) is 0. The highest BCUT2D eigenvalue weighted by molar-refractivity contribution is 4.97. The number of hydrogen-bond donors (Lipinski definition) is 0. The standard InChI is InChI=1S/C10H21NO/c1-8(2)12-7-9-6-10(3,4)11(9)5/h8-9H,6-7H2,1-5H3/t9-/m1/s1. The molecule has 2 heteroatoms. The van der Waals surface area contributed by atoms with Gasteiger partial charge in [0, 0.05) is 11.6 Å². The van der Waals surface area contributed by atoms with E-state index in [1.807, 2.05) is 0 Å². The molecule has 0 aromatic rings. The number of rotatable bonds is 3. The topological polar surface area (TPSA) is 12.5 Å². The molecule has 1 rings (SSSR count). The third-order valence-corrected chi connectivity index (χ3v) is 2.86. The number of likely N-dealkylation sites (tertiary alicyclic amines) is 1. The van der Waals surface area contributed by atoms with Crippen LogP contribution >= 0.6 is 0 Å². The molecule has 1 aliphatic heterocycles. The Morgan fingerprint density at radius 3 is 2.42 bits per heavy atom. The zero-order valence-corrected chi connectivity index (χ0v) is 8.92. The molecule has 1 saturated heterocycles. The minimum atomic E-state index is 0.363. The molecule has 2 nitrogen and oxygen atoms in total. The number of nitrogens with zero attached hydrogens (tertiary/aromatic N) is 1. The predicted molar refractivity (Wildman–Crippen MR) is 51.3 cm³/mol. The summed E-state index contributed by atoms with van der Waals surface area (Å²) in [6.45, 7) is 9.61. The molecule has 72 valence electrons. The lowest BCUT2D eigenvalue weighted by atomic mass is 9.83. The first-order valence-corrected chi connectivity index (χ1v) is 4.78. The van der Waals surface area contributed by atoms with Gasteiger partial charge >= 0.3 is 0 Å². The normalized spacial score (nSPS) is 29.0. The van der Waals surface area contributed by atoms with Crippen LogP contribution in [-0.4, -0.2) is 36.2 Å². The van der Waals surface area contributed by atoms with Gasteiger partial charge in [0.1, 0.15) is 0 Å². The van der Waals surface area contributed by atoms with Crippen LogP contribution in [0.25, 0.3) is 0 Å². The lowest BCUT2D eigenvalue weighted by Gasteiger charge is -2.53. The van der Waals surface area contributed by atoms with E-state index in [0.717, 1.165) is 6.61 Å². The van der Waals surface area contributed by atoms with E-state index in [1.165, 1.54) is 6.42 Å². The molecule has 1 aliphatic rings. The molecular weight excluding hydrogens is 150 g/mol. The molecule has 0 amide bonds. The van der Waals surface area contributed by atoms with E-state index in [2.05, 4.69) is 39.6 Å². The van der Waals surface area contributed by atoms with Crippen LogP contribution < -0.4 is 0 Å². The largest absolute Gasteiger partial charge is 0.377 e. The molecular formula is C10H21NO. The van der Waals surface area contributed by atoms with Crippen molar-refractivity contribution in [1.82, 2.24) is 4.90 Å². The van der Waals surface area contributed by atoms with Crippen LogP contribution in [0.15, 0.2) is 0 Å². The maximum atomic E-state index is 5.57. The Morgan fingerprint density at radius 2 is 2.08 bits per heavy atom. The van der Waals surface area contributed by atoms with Crippen molar-refractivity contribution in [2.24, 2.45) is 0 Å². The van der Waals surface area contributed by atoms with Gasteiger partial charge in [-0.2, -0.15) is 0 Å². The van der Waals surface area contributed by atoms with Gasteiger partial charge in [0.15, 0.2) is 0 Å². The van der Waals surface area contributed by atoms with Crippen LogP contribution in [-0.2, 0) is 4.74 Å². The summed E-state index contributed by atoms with van der Waals surface area (Å²) in [7, 11) is 2.18. The summed E-state index contributed by atoms with van der Waals surface area (Å²) < 4.78 is 5.57. The van der Waals surface area contributed by atoms with Crippen LogP contribution in [0.3, 0.4) is 0 Å². The van der Waals surface area contributed by atoms with Crippen molar-refractivity contribution in [3.8, 4) is 0 Å². The first kappa shape index (κ1) is 10.0. The second kappa shape index (κ2) is 3.35. The van der Waals surface area contributed by atoms with Crippen molar-refractivity contribution in [2.45, 2.75) is 51.8 Å². The quantitative estimate of drug-likeness (QED) is 0.643. The second-order valence-electron chi connectivity index (χ2n) is 4.66. The first-order chi connectivity index (χ1) is 5.43. The minimum absolute atomic E-state index is 0.363. The molecule has 0 aromatic carbocycles. The number of ether oxygens (including phenoxy) is 1. The highest BCUT2D eigenvalue weighted by Crippen LogP contribution is 2.34. The zero-order chi connectivity index (χ0) is 9.35. The fourth-order valence-corrected chi connectivity index (χ4v) is 1.71. The third kappa shape index (κ3) is 1.99. The van der Waals surface area contributed by atoms with Gasteiger partial charge in [-0.3, -0.25) is 4.90 Å². The number of likely N-dealkylation sites (N-methyl/N-ethyl adjacent to an activating group) is 1. The molecule has 0 radical (unpaired) electrons. The molecule has 1 atom stereocenters. The second-order valence-corrected chi connectivity index (χ2v) is 4.66. The van der Waals surface area contributed by atoms with Crippen LogP contribution in [0.5, 0.6) is 0 Å². The van der Waals surface area contributed by atoms with Gasteiger partial charge in [-0.1, -0.05) is 0 Å². The van der Waals surface area contributed by atoms with E-state index in [1.54, 1.807) is 0 Å². The van der Waals surface area contributed by atoms with Crippen molar-refractivity contribution in [2.75, 3.05) is 13.7 Å². The zero-order valence-electron chi connectivity index (χ0n) is 8.92. The van der Waals surface area contributed by atoms with Crippen LogP contribution in [0, 0.1) is 0 Å². The molecule has 0 aromatic heterocycles. The molecule has 0 saturated carbocycles. The van der Waals surface area contributed by atoms with E-state index in [-0.39, 0.29) is 0 Å². The fraction of sp³-hybridized carbons (Fsp3) is 1.00. The van der Waals surface area contributed by atoms with Crippen molar-refractivity contribution in [1.29, 1.82) is 0 Å². The van der Waals surface area contributed by atoms with Gasteiger partial charge < -0.3 is 4.74 Å². The molecule has 1 fully saturated rings. The lowest BCUT2D eigenvalue weighted by Crippen LogP contribution is -2.62. The Bertz CT molecular complexity index is 154. The van der Waals surface area contributed by atoms with E-state index in [9.17, 15) is 0 Å². The summed E-state index contributed by atoms with van der Waals surface area (Å²) in [5.41, 5.74) is 0.394. The van der Waals surface area contributed by atoms with Gasteiger partial charge in [0.2, 0.25) is 0 Å². The Kier molecular flexibility index (Phi) is 2.79. The van der Waals surface area contributed by atoms with Crippen molar-refractivity contribution < 1.29 is 4.74 Å². The average Bonchev–Trinajstić information content (AvgIpc) is 1.97. The van der Waals surface area contributed by atoms with Gasteiger partial charge in [0.25, 0.3) is 0 Å². The summed E-state index contributed by atoms with van der Waals surface area (Å²) in [6, 6.07) is 0.641. The molecule has 0 N–H and O–H groups in total. The minimum Gasteiger partial charge on any atom is -0.377 e. The van der Waals surface area contributed by atoms with Gasteiger partial charge in [-0.15, -0.1) is 0 Å². The lowest BCUT2D eigenvalue weighted by molar-refractivity contribution is -0.0782. The average molecular weight is 171 g/mol. The molecule has 12 heavy (non-hydrogen) atoms. The van der Waals surface area contributed by atoms with E-state index >= 15 is 0 Å². The Morgan fingerprint density at radius 1 is 1.50 bits per heavy atom. The van der Waals surface area contributed by atoms with Crippen LogP contribution in [0.1, 0.15) is 34.1 Å². The predicted octanol–water partition coefficient (Wildman–Crippen LogP) is 1.89. The highest BCUT2D eigenvalue weighted by Gasteiger charge is 2.41. The summed E-state index contributed by atoms with van der Waals surface area (Å²) >= 11 is 0. The van der Waals surface area contributed by atoms with E-state index < -0.39 is 0 Å². The Balaban J connectivity index is 2.22. The van der Waals surface area contributed by atoms with Gasteiger partial charge in [0.05, 0.1) is 12.7 Å². The summed E-state index contributed by atoms with van der Waals surface area (Å²) in [6.07, 6.45) is 1.62. The maximum Gasteiger partial charge on any atom is 0.0626 e. The molecule has 0 aliphatic carbocycles. The molecule has 0 spiro atoms. The third-order valence-electron chi connectivity index (χ3n) is 2.86. The highest BCUT2D eigenvalue weighted by atomic mass is 16.5. The molecule has 0 unspecified atom stereocenters. The van der Waals surface area contributed by atoms with Crippen molar-refractivity contribution in [3.63, 3.8) is 0 Å². The van der Waals surface area contributed by atoms with Gasteiger partial charge in [-0.05, 0) is 41.2 Å². The summed E-state index contributed by atoms with van der Waals surface area (Å²) in [4.78, 5) is 2.40. The maximum absolute atomic E-state index is 5.57. The van der Waals surface area contributed by atoms with E-state index in [0.29, 0.717) is 17.7 Å². The Hall–Kier alpha value is -0.0800. The van der Waals surface area contributed by atoms with Crippen LogP contribution in [0.2, 0.25) is 0 Å². The smallest absolute Gasteiger partial charge is 0.0626 e. The van der Waals surface area contributed by atoms with Crippen LogP contribution in [0.4, 0.5) is 0 Å². The van der Waals surface area contributed by atoms with Crippen molar-refractivity contribution >= 4 is 0 Å². The fourth-order valence-electron chi connectivity index (χ4n) is 1.71. The first-order valence-electron chi connectivity index (χ1n) is 4.78. The summed E-state index contributed by atoms with van der Waals surface area (Å²) in [5, 5.41) is 0. The van der Waals surface area contributed by atoms with Gasteiger partial charge in [-0.25, -0.2) is 0 Å². The number of hydrogen-bond acceptors (Lipinski definition) is 2. The monoisotopic (exact) mass is 171 g/mol.